The van der Waals surface area contributed by atoms with Gasteiger partial charge in [-0.25, -0.2) is 15.0 Å². The highest BCUT2D eigenvalue weighted by molar-refractivity contribution is 14.1. The SMILES string of the molecule is C.CI.Cn1ccc(-c2nccs2)n1.Cn1nc(-c2nccs2)cc1B(O)O.c1cc(-c2nccs2)[nH]n1. The number of hydrogen-bond donors (Lipinski definition) is 3. The van der Waals surface area contributed by atoms with Gasteiger partial charge in [0.2, 0.25) is 0 Å². The van der Waals surface area contributed by atoms with Crippen molar-refractivity contribution in [3.63, 3.8) is 0 Å². The van der Waals surface area contributed by atoms with Gasteiger partial charge in [0.25, 0.3) is 0 Å². The molecule has 200 valence electrons. The monoisotopic (exact) mass is 683 g/mol. The average Bonchev–Trinajstić information content (AvgIpc) is 3.75. The molecule has 16 heteroatoms. The Kier molecular flexibility index (Phi) is 13.5. The fourth-order valence-corrected chi connectivity index (χ4v) is 4.60. The van der Waals surface area contributed by atoms with Crippen LogP contribution in [0.4, 0.5) is 0 Å². The Bertz CT molecular complexity index is 1370. The molecule has 0 saturated heterocycles. The number of aryl methyl sites for hydroxylation is 2. The highest BCUT2D eigenvalue weighted by Gasteiger charge is 2.18. The standard InChI is InChI=1S/C7H8BN3O2S.C7H7N3S.C6H5N3S.CH3I.CH4/c1-11-6(8(12)13)4-5(10-11)7-9-2-3-14-7;1-10-4-2-6(9-10)7-8-3-5-11-7;1-2-8-9-5(1)6-7-3-4-10-6;1-2;/h2-4,12-13H,1H3;2-5H,1H3;1-4H,(H,8,9);1H3;1H4. The number of alkyl halides is 1. The predicted octanol–water partition coefficient (Wildman–Crippen LogP) is 3.99. The Hall–Kier alpha value is -2.77. The molecule has 0 amide bonds. The lowest BCUT2D eigenvalue weighted by Crippen LogP contribution is -2.35. The van der Waals surface area contributed by atoms with Crippen LogP contribution in [0.1, 0.15) is 7.43 Å². The largest absolute Gasteiger partial charge is 0.507 e. The molecule has 0 spiro atoms. The molecule has 0 bridgehead atoms. The van der Waals surface area contributed by atoms with Crippen LogP contribution < -0.4 is 5.59 Å². The van der Waals surface area contributed by atoms with Crippen molar-refractivity contribution in [3.05, 3.63) is 65.3 Å². The first kappa shape index (κ1) is 31.5. The second-order valence-corrected chi connectivity index (χ2v) is 9.49. The molecule has 6 rings (SSSR count). The van der Waals surface area contributed by atoms with E-state index in [9.17, 15) is 0 Å². The van der Waals surface area contributed by atoms with E-state index in [0.717, 1.165) is 26.4 Å². The van der Waals surface area contributed by atoms with Gasteiger partial charge in [-0.05, 0) is 23.1 Å². The predicted molar refractivity (Wildman–Crippen MR) is 165 cm³/mol. The van der Waals surface area contributed by atoms with E-state index in [2.05, 4.69) is 57.9 Å². The number of aromatic amines is 1. The smallest absolute Gasteiger partial charge is 0.422 e. The quantitative estimate of drug-likeness (QED) is 0.144. The summed E-state index contributed by atoms with van der Waals surface area (Å²) in [4.78, 5) is 14.3. The minimum absolute atomic E-state index is 0. The second kappa shape index (κ2) is 16.3. The summed E-state index contributed by atoms with van der Waals surface area (Å²) in [6, 6.07) is 5.47. The van der Waals surface area contributed by atoms with E-state index in [-0.39, 0.29) is 7.43 Å². The third-order valence-electron chi connectivity index (χ3n) is 4.36. The zero-order valence-corrected chi connectivity index (χ0v) is 24.6. The van der Waals surface area contributed by atoms with Gasteiger partial charge in [-0.15, -0.1) is 34.0 Å². The maximum atomic E-state index is 8.99. The summed E-state index contributed by atoms with van der Waals surface area (Å²) in [7, 11) is 2.06. The number of hydrogen-bond acceptors (Lipinski definition) is 11. The highest BCUT2D eigenvalue weighted by Crippen LogP contribution is 2.19. The minimum Gasteiger partial charge on any atom is -0.422 e. The van der Waals surface area contributed by atoms with Gasteiger partial charge >= 0.3 is 7.12 Å². The van der Waals surface area contributed by atoms with Gasteiger partial charge < -0.3 is 10.0 Å². The van der Waals surface area contributed by atoms with Crippen molar-refractivity contribution in [1.29, 1.82) is 0 Å². The molecule has 38 heavy (non-hydrogen) atoms. The number of nitrogens with zero attached hydrogens (tertiary/aromatic N) is 8. The third kappa shape index (κ3) is 8.92. The molecule has 0 aliphatic heterocycles. The summed E-state index contributed by atoms with van der Waals surface area (Å²) >= 11 is 6.81. The Balaban J connectivity index is 0.000000194. The van der Waals surface area contributed by atoms with Crippen LogP contribution in [-0.2, 0) is 14.1 Å². The van der Waals surface area contributed by atoms with E-state index in [1.54, 1.807) is 65.3 Å². The van der Waals surface area contributed by atoms with Crippen molar-refractivity contribution in [2.24, 2.45) is 14.1 Å². The molecule has 6 aromatic rings. The number of rotatable bonds is 4. The van der Waals surface area contributed by atoms with E-state index in [0.29, 0.717) is 11.3 Å². The van der Waals surface area contributed by atoms with Gasteiger partial charge in [-0.2, -0.15) is 15.3 Å². The first-order valence-corrected chi connectivity index (χ1v) is 15.3. The van der Waals surface area contributed by atoms with Crippen molar-refractivity contribution in [2.75, 3.05) is 4.93 Å². The van der Waals surface area contributed by atoms with E-state index in [4.69, 9.17) is 10.0 Å². The lowest BCUT2D eigenvalue weighted by atomic mass is 9.86. The molecule has 6 aromatic heterocycles. The van der Waals surface area contributed by atoms with Crippen LogP contribution in [0.15, 0.2) is 65.3 Å². The second-order valence-electron chi connectivity index (χ2n) is 6.81. The molecular weight excluding hydrogens is 656 g/mol. The van der Waals surface area contributed by atoms with Crippen molar-refractivity contribution in [2.45, 2.75) is 7.43 Å². The topological polar surface area (TPSA) is 143 Å². The molecule has 0 saturated carbocycles. The van der Waals surface area contributed by atoms with Crippen molar-refractivity contribution in [3.8, 4) is 32.1 Å². The van der Waals surface area contributed by atoms with Crippen LogP contribution in [0.5, 0.6) is 0 Å². The fourth-order valence-electron chi connectivity index (χ4n) is 2.79. The fraction of sp³-hybridized carbons (Fsp3) is 0.182. The van der Waals surface area contributed by atoms with E-state index >= 15 is 0 Å². The summed E-state index contributed by atoms with van der Waals surface area (Å²) in [6.45, 7) is 0. The number of nitrogens with one attached hydrogen (secondary N) is 1. The van der Waals surface area contributed by atoms with Crippen molar-refractivity contribution in [1.82, 2.24) is 44.7 Å². The van der Waals surface area contributed by atoms with Crippen LogP contribution in [0, 0.1) is 0 Å². The summed E-state index contributed by atoms with van der Waals surface area (Å²) in [5.74, 6) is 0. The minimum atomic E-state index is -1.50. The maximum absolute atomic E-state index is 8.99. The van der Waals surface area contributed by atoms with Crippen molar-refractivity contribution >= 4 is 69.3 Å². The zero-order valence-electron chi connectivity index (χ0n) is 20.0. The average molecular weight is 683 g/mol. The zero-order chi connectivity index (χ0) is 26.6. The Labute approximate surface area is 246 Å². The molecule has 11 nitrogen and oxygen atoms in total. The molecule has 6 heterocycles. The molecule has 0 unspecified atom stereocenters. The van der Waals surface area contributed by atoms with Gasteiger partial charge in [0.1, 0.15) is 26.4 Å². The molecule has 0 aromatic carbocycles. The summed E-state index contributed by atoms with van der Waals surface area (Å²) < 4.78 is 3.21. The Morgan fingerprint density at radius 2 is 1.39 bits per heavy atom. The highest BCUT2D eigenvalue weighted by atomic mass is 127. The third-order valence-corrected chi connectivity index (χ3v) is 6.76. The number of H-pyrrole nitrogens is 1. The number of thiazole rings is 3. The van der Waals surface area contributed by atoms with Gasteiger partial charge in [0.15, 0.2) is 0 Å². The normalized spacial score (nSPS) is 9.63. The molecule has 0 aliphatic carbocycles. The molecule has 0 aliphatic rings. The molecule has 0 atom stereocenters. The van der Waals surface area contributed by atoms with Crippen LogP contribution in [0.3, 0.4) is 0 Å². The van der Waals surface area contributed by atoms with Crippen LogP contribution in [0.2, 0.25) is 0 Å². The lowest BCUT2D eigenvalue weighted by Gasteiger charge is -1.96. The maximum Gasteiger partial charge on any atom is 0.507 e. The van der Waals surface area contributed by atoms with Crippen LogP contribution >= 0.6 is 56.6 Å². The molecule has 0 fully saturated rings. The van der Waals surface area contributed by atoms with E-state index < -0.39 is 7.12 Å². The first-order chi connectivity index (χ1) is 18.0. The first-order valence-electron chi connectivity index (χ1n) is 10.5. The van der Waals surface area contributed by atoms with Crippen LogP contribution in [-0.4, -0.2) is 66.8 Å². The molecule has 0 radical (unpaired) electrons. The Morgan fingerprint density at radius 1 is 0.816 bits per heavy atom. The van der Waals surface area contributed by atoms with Crippen molar-refractivity contribution < 1.29 is 10.0 Å². The Morgan fingerprint density at radius 3 is 1.82 bits per heavy atom. The van der Waals surface area contributed by atoms with Gasteiger partial charge in [0, 0.05) is 61.2 Å². The summed E-state index contributed by atoms with van der Waals surface area (Å²) in [5, 5.41) is 41.4. The van der Waals surface area contributed by atoms with Gasteiger partial charge in [-0.1, -0.05) is 30.0 Å². The molecular formula is C22H27BIN9O2S3. The van der Waals surface area contributed by atoms with Gasteiger partial charge in [0.05, 0.1) is 11.3 Å². The number of aromatic nitrogens is 9. The summed E-state index contributed by atoms with van der Waals surface area (Å²) in [6.07, 6.45) is 8.88. The van der Waals surface area contributed by atoms with Crippen LogP contribution in [0.25, 0.3) is 32.1 Å². The molecule has 3 N–H and O–H groups in total. The summed E-state index contributed by atoms with van der Waals surface area (Å²) in [5.41, 5.74) is 2.94. The van der Waals surface area contributed by atoms with E-state index in [1.165, 1.54) is 16.0 Å². The van der Waals surface area contributed by atoms with E-state index in [1.807, 2.05) is 46.4 Å². The number of halogens is 1. The lowest BCUT2D eigenvalue weighted by molar-refractivity contribution is 0.421. The van der Waals surface area contributed by atoms with Gasteiger partial charge in [-0.3, -0.25) is 14.5 Å².